The average Bonchev–Trinajstić information content (AvgIpc) is 2.86. The fourth-order valence-corrected chi connectivity index (χ4v) is 4.76. The molecule has 1 N–H and O–H groups in total. The SMILES string of the molecule is COc1ccc(C(=O)NC2CCN(c3ccc(Cl)cc3)CC2)cc1OCCc1ccc(Cl)cc1Cl. The van der Waals surface area contributed by atoms with Gasteiger partial charge in [0.2, 0.25) is 0 Å². The van der Waals surface area contributed by atoms with Crippen molar-refractivity contribution in [3.8, 4) is 11.5 Å². The molecular formula is C27H27Cl3N2O3. The van der Waals surface area contributed by atoms with Crippen molar-refractivity contribution < 1.29 is 14.3 Å². The molecule has 3 aromatic rings. The number of carbonyl (C=O) groups is 1. The van der Waals surface area contributed by atoms with Crippen molar-refractivity contribution in [1.82, 2.24) is 5.32 Å². The number of hydrogen-bond donors (Lipinski definition) is 1. The molecule has 4 rings (SSSR count). The largest absolute Gasteiger partial charge is 0.493 e. The van der Waals surface area contributed by atoms with Gasteiger partial charge in [-0.15, -0.1) is 0 Å². The number of nitrogens with one attached hydrogen (secondary N) is 1. The zero-order chi connectivity index (χ0) is 24.8. The lowest BCUT2D eigenvalue weighted by molar-refractivity contribution is 0.0930. The van der Waals surface area contributed by atoms with Crippen molar-refractivity contribution in [3.63, 3.8) is 0 Å². The highest BCUT2D eigenvalue weighted by Crippen LogP contribution is 2.29. The highest BCUT2D eigenvalue weighted by atomic mass is 35.5. The fourth-order valence-electron chi connectivity index (χ4n) is 4.13. The molecule has 5 nitrogen and oxygen atoms in total. The maximum absolute atomic E-state index is 13.0. The molecule has 1 aliphatic rings. The number of rotatable bonds is 8. The zero-order valence-electron chi connectivity index (χ0n) is 19.4. The first-order chi connectivity index (χ1) is 16.9. The van der Waals surface area contributed by atoms with E-state index in [-0.39, 0.29) is 11.9 Å². The zero-order valence-corrected chi connectivity index (χ0v) is 21.7. The van der Waals surface area contributed by atoms with Crippen LogP contribution in [-0.2, 0) is 6.42 Å². The summed E-state index contributed by atoms with van der Waals surface area (Å²) in [6.07, 6.45) is 2.34. The van der Waals surface area contributed by atoms with E-state index in [9.17, 15) is 4.79 Å². The van der Waals surface area contributed by atoms with Crippen LogP contribution in [0.1, 0.15) is 28.8 Å². The van der Waals surface area contributed by atoms with Gasteiger partial charge in [0.15, 0.2) is 11.5 Å². The van der Waals surface area contributed by atoms with Gasteiger partial charge in [0.05, 0.1) is 13.7 Å². The summed E-state index contributed by atoms with van der Waals surface area (Å²) in [4.78, 5) is 15.3. The second-order valence-corrected chi connectivity index (χ2v) is 9.69. The average molecular weight is 534 g/mol. The monoisotopic (exact) mass is 532 g/mol. The number of ether oxygens (including phenoxy) is 2. The Bertz CT molecular complexity index is 1160. The molecule has 0 aliphatic carbocycles. The number of carbonyl (C=O) groups excluding carboxylic acids is 1. The Balaban J connectivity index is 1.33. The van der Waals surface area contributed by atoms with Gasteiger partial charge in [-0.25, -0.2) is 0 Å². The van der Waals surface area contributed by atoms with Gasteiger partial charge in [-0.2, -0.15) is 0 Å². The number of benzene rings is 3. The maximum Gasteiger partial charge on any atom is 0.251 e. The van der Waals surface area contributed by atoms with Gasteiger partial charge >= 0.3 is 0 Å². The van der Waals surface area contributed by atoms with Crippen molar-refractivity contribution >= 4 is 46.4 Å². The molecule has 184 valence electrons. The lowest BCUT2D eigenvalue weighted by Crippen LogP contribution is -2.44. The highest BCUT2D eigenvalue weighted by molar-refractivity contribution is 6.35. The summed E-state index contributed by atoms with van der Waals surface area (Å²) in [6, 6.07) is 18.6. The number of amides is 1. The molecule has 0 aromatic heterocycles. The highest BCUT2D eigenvalue weighted by Gasteiger charge is 2.22. The van der Waals surface area contributed by atoms with Gasteiger partial charge in [-0.05, 0) is 73.0 Å². The number of hydrogen-bond acceptors (Lipinski definition) is 4. The third-order valence-corrected chi connectivity index (χ3v) is 6.93. The molecule has 1 saturated heterocycles. The molecule has 0 atom stereocenters. The summed E-state index contributed by atoms with van der Waals surface area (Å²) in [6.45, 7) is 2.12. The van der Waals surface area contributed by atoms with E-state index in [0.29, 0.717) is 40.1 Å². The topological polar surface area (TPSA) is 50.8 Å². The molecule has 1 amide bonds. The van der Waals surface area contributed by atoms with Crippen LogP contribution in [0.4, 0.5) is 5.69 Å². The Hall–Kier alpha value is -2.60. The molecule has 1 heterocycles. The van der Waals surface area contributed by atoms with E-state index < -0.39 is 0 Å². The van der Waals surface area contributed by atoms with E-state index in [1.165, 1.54) is 0 Å². The predicted octanol–water partition coefficient (Wildman–Crippen LogP) is 6.68. The molecule has 0 radical (unpaired) electrons. The number of piperidine rings is 1. The Morgan fingerprint density at radius 2 is 1.66 bits per heavy atom. The van der Waals surface area contributed by atoms with Crippen LogP contribution in [0.25, 0.3) is 0 Å². The minimum absolute atomic E-state index is 0.115. The Kier molecular flexibility index (Phi) is 8.66. The van der Waals surface area contributed by atoms with Crippen molar-refractivity contribution in [2.45, 2.75) is 25.3 Å². The molecule has 0 unspecified atom stereocenters. The number of anilines is 1. The van der Waals surface area contributed by atoms with Crippen molar-refractivity contribution in [1.29, 1.82) is 0 Å². The maximum atomic E-state index is 13.0. The Morgan fingerprint density at radius 3 is 2.34 bits per heavy atom. The Labute approximate surface area is 220 Å². The van der Waals surface area contributed by atoms with Crippen molar-refractivity contribution in [2.75, 3.05) is 31.7 Å². The van der Waals surface area contributed by atoms with Crippen LogP contribution in [0.15, 0.2) is 60.7 Å². The third kappa shape index (κ3) is 6.75. The summed E-state index contributed by atoms with van der Waals surface area (Å²) >= 11 is 18.2. The third-order valence-electron chi connectivity index (χ3n) is 6.09. The predicted molar refractivity (Wildman–Crippen MR) is 143 cm³/mol. The second kappa shape index (κ2) is 11.9. The summed E-state index contributed by atoms with van der Waals surface area (Å²) in [7, 11) is 1.58. The lowest BCUT2D eigenvalue weighted by Gasteiger charge is -2.34. The van der Waals surface area contributed by atoms with Gasteiger partial charge in [0.25, 0.3) is 5.91 Å². The smallest absolute Gasteiger partial charge is 0.251 e. The van der Waals surface area contributed by atoms with E-state index in [1.807, 2.05) is 30.3 Å². The van der Waals surface area contributed by atoms with Crippen LogP contribution in [0.3, 0.4) is 0 Å². The number of methoxy groups -OCH3 is 1. The van der Waals surface area contributed by atoms with E-state index in [0.717, 1.165) is 42.2 Å². The molecular weight excluding hydrogens is 507 g/mol. The first-order valence-electron chi connectivity index (χ1n) is 11.5. The first-order valence-corrected chi connectivity index (χ1v) is 12.6. The van der Waals surface area contributed by atoms with Crippen molar-refractivity contribution in [2.24, 2.45) is 0 Å². The standard InChI is InChI=1S/C27H27Cl3N2O3/c1-34-25-9-3-19(16-26(25)35-15-12-18-2-4-21(29)17-24(18)30)27(33)31-22-10-13-32(14-11-22)23-7-5-20(28)6-8-23/h2-9,16-17,22H,10-15H2,1H3,(H,31,33). The van der Waals surface area contributed by atoms with E-state index >= 15 is 0 Å². The van der Waals surface area contributed by atoms with E-state index in [2.05, 4.69) is 10.2 Å². The van der Waals surface area contributed by atoms with Gasteiger partial charge in [-0.1, -0.05) is 40.9 Å². The quantitative estimate of drug-likeness (QED) is 0.351. The van der Waals surface area contributed by atoms with Gasteiger partial charge in [-0.3, -0.25) is 4.79 Å². The van der Waals surface area contributed by atoms with Crippen molar-refractivity contribution in [3.05, 3.63) is 86.9 Å². The normalized spacial score (nSPS) is 14.0. The van der Waals surface area contributed by atoms with Crippen LogP contribution in [0, 0.1) is 0 Å². The van der Waals surface area contributed by atoms with Crippen LogP contribution < -0.4 is 19.7 Å². The van der Waals surface area contributed by atoms with Gasteiger partial charge < -0.3 is 19.7 Å². The van der Waals surface area contributed by atoms with Crippen LogP contribution in [0.5, 0.6) is 11.5 Å². The molecule has 1 fully saturated rings. The summed E-state index contributed by atoms with van der Waals surface area (Å²) in [5.74, 6) is 0.964. The molecule has 1 aliphatic heterocycles. The van der Waals surface area contributed by atoms with Crippen LogP contribution in [-0.4, -0.2) is 38.8 Å². The minimum atomic E-state index is -0.122. The fraction of sp³-hybridized carbons (Fsp3) is 0.296. The van der Waals surface area contributed by atoms with Gasteiger partial charge in [0, 0.05) is 51.9 Å². The first kappa shape index (κ1) is 25.5. The van der Waals surface area contributed by atoms with E-state index in [4.69, 9.17) is 44.3 Å². The number of halogens is 3. The lowest BCUT2D eigenvalue weighted by atomic mass is 10.0. The van der Waals surface area contributed by atoms with Crippen LogP contribution in [0.2, 0.25) is 15.1 Å². The molecule has 0 bridgehead atoms. The Morgan fingerprint density at radius 1 is 0.943 bits per heavy atom. The molecule has 8 heteroatoms. The second-order valence-electron chi connectivity index (χ2n) is 8.41. The molecule has 0 saturated carbocycles. The van der Waals surface area contributed by atoms with E-state index in [1.54, 1.807) is 37.4 Å². The summed E-state index contributed by atoms with van der Waals surface area (Å²) < 4.78 is 11.4. The molecule has 3 aromatic carbocycles. The summed E-state index contributed by atoms with van der Waals surface area (Å²) in [5, 5.41) is 5.09. The minimum Gasteiger partial charge on any atom is -0.493 e. The summed E-state index contributed by atoms with van der Waals surface area (Å²) in [5.41, 5.74) is 2.62. The molecule has 35 heavy (non-hydrogen) atoms. The van der Waals surface area contributed by atoms with Crippen LogP contribution >= 0.6 is 34.8 Å². The number of nitrogens with zero attached hydrogens (tertiary/aromatic N) is 1. The van der Waals surface area contributed by atoms with Gasteiger partial charge in [0.1, 0.15) is 0 Å². The molecule has 0 spiro atoms.